The minimum Gasteiger partial charge on any atom is -0.493 e. The number of sulfonamides is 1. The van der Waals surface area contributed by atoms with Gasteiger partial charge in [0.2, 0.25) is 0 Å². The van der Waals surface area contributed by atoms with E-state index in [1.54, 1.807) is 73.7 Å². The van der Waals surface area contributed by atoms with E-state index in [2.05, 4.69) is 10.0 Å². The number of carbonyl (C=O) groups excluding carboxylic acids is 1. The Morgan fingerprint density at radius 2 is 1.47 bits per heavy atom. The fourth-order valence-corrected chi connectivity index (χ4v) is 4.18. The Morgan fingerprint density at radius 1 is 0.833 bits per heavy atom. The standard InChI is InChI=1S/C22H22N2O5S/c1-15-6-4-5-7-21(15)30(26,27)24-17-10-8-16(9-11-17)22(25)23-18-12-13-19(28-2)20(14-18)29-3/h4-14,24H,1-3H3,(H,23,25). The predicted octanol–water partition coefficient (Wildman–Crippen LogP) is 4.07. The molecular formula is C22H22N2O5S. The van der Waals surface area contributed by atoms with Crippen molar-refractivity contribution in [1.29, 1.82) is 0 Å². The van der Waals surface area contributed by atoms with E-state index in [0.717, 1.165) is 0 Å². The summed E-state index contributed by atoms with van der Waals surface area (Å²) in [7, 11) is -0.669. The lowest BCUT2D eigenvalue weighted by Gasteiger charge is -2.12. The summed E-state index contributed by atoms with van der Waals surface area (Å²) in [6, 6.07) is 17.9. The van der Waals surface area contributed by atoms with Crippen molar-refractivity contribution in [1.82, 2.24) is 0 Å². The third-order valence-electron chi connectivity index (χ3n) is 4.42. The number of hydrogen-bond donors (Lipinski definition) is 2. The second kappa shape index (κ2) is 8.87. The average molecular weight is 426 g/mol. The van der Waals surface area contributed by atoms with Gasteiger partial charge >= 0.3 is 0 Å². The molecule has 7 nitrogen and oxygen atoms in total. The highest BCUT2D eigenvalue weighted by Gasteiger charge is 2.16. The molecule has 3 aromatic carbocycles. The number of ether oxygens (including phenoxy) is 2. The fraction of sp³-hybridized carbons (Fsp3) is 0.136. The molecule has 0 heterocycles. The Kier molecular flexibility index (Phi) is 6.27. The van der Waals surface area contributed by atoms with Gasteiger partial charge in [-0.25, -0.2) is 8.42 Å². The molecule has 1 amide bonds. The molecule has 30 heavy (non-hydrogen) atoms. The highest BCUT2D eigenvalue weighted by molar-refractivity contribution is 7.92. The monoisotopic (exact) mass is 426 g/mol. The maximum absolute atomic E-state index is 12.6. The van der Waals surface area contributed by atoms with Crippen LogP contribution in [0.15, 0.2) is 71.6 Å². The average Bonchev–Trinajstić information content (AvgIpc) is 2.74. The second-order valence-corrected chi connectivity index (χ2v) is 8.12. The first kappa shape index (κ1) is 21.2. The molecule has 0 aliphatic carbocycles. The van der Waals surface area contributed by atoms with Crippen molar-refractivity contribution in [3.8, 4) is 11.5 Å². The molecule has 0 unspecified atom stereocenters. The van der Waals surface area contributed by atoms with E-state index >= 15 is 0 Å². The highest BCUT2D eigenvalue weighted by atomic mass is 32.2. The van der Waals surface area contributed by atoms with Gasteiger partial charge in [0.1, 0.15) is 0 Å². The van der Waals surface area contributed by atoms with Crippen molar-refractivity contribution in [2.24, 2.45) is 0 Å². The van der Waals surface area contributed by atoms with Crippen LogP contribution in [-0.2, 0) is 10.0 Å². The fourth-order valence-electron chi connectivity index (χ4n) is 2.87. The van der Waals surface area contributed by atoms with Gasteiger partial charge in [0.15, 0.2) is 11.5 Å². The normalized spacial score (nSPS) is 10.9. The molecule has 0 aliphatic heterocycles. The molecule has 0 bridgehead atoms. The molecular weight excluding hydrogens is 404 g/mol. The van der Waals surface area contributed by atoms with Crippen molar-refractivity contribution >= 4 is 27.3 Å². The summed E-state index contributed by atoms with van der Waals surface area (Å²) in [5.41, 5.74) is 1.93. The van der Waals surface area contributed by atoms with Gasteiger partial charge in [-0.1, -0.05) is 18.2 Å². The number of anilines is 2. The molecule has 0 saturated heterocycles. The quantitative estimate of drug-likeness (QED) is 0.594. The van der Waals surface area contributed by atoms with Crippen molar-refractivity contribution in [3.63, 3.8) is 0 Å². The number of benzene rings is 3. The molecule has 0 spiro atoms. The zero-order chi connectivity index (χ0) is 21.7. The van der Waals surface area contributed by atoms with Gasteiger partial charge in [0.25, 0.3) is 15.9 Å². The Bertz CT molecular complexity index is 1160. The molecule has 0 atom stereocenters. The van der Waals surface area contributed by atoms with Crippen LogP contribution < -0.4 is 19.5 Å². The number of amides is 1. The zero-order valence-corrected chi connectivity index (χ0v) is 17.6. The van der Waals surface area contributed by atoms with E-state index in [9.17, 15) is 13.2 Å². The van der Waals surface area contributed by atoms with Crippen LogP contribution in [0.5, 0.6) is 11.5 Å². The van der Waals surface area contributed by atoms with E-state index in [0.29, 0.717) is 34.0 Å². The summed E-state index contributed by atoms with van der Waals surface area (Å²) in [5, 5.41) is 2.77. The second-order valence-electron chi connectivity index (χ2n) is 6.47. The van der Waals surface area contributed by atoms with Gasteiger partial charge in [-0.2, -0.15) is 0 Å². The molecule has 0 aromatic heterocycles. The maximum Gasteiger partial charge on any atom is 0.262 e. The Labute approximate surface area is 175 Å². The van der Waals surface area contributed by atoms with Gasteiger partial charge < -0.3 is 14.8 Å². The predicted molar refractivity (Wildman–Crippen MR) is 116 cm³/mol. The van der Waals surface area contributed by atoms with E-state index in [1.807, 2.05) is 0 Å². The molecule has 0 aliphatic rings. The van der Waals surface area contributed by atoms with Crippen LogP contribution in [0, 0.1) is 6.92 Å². The third-order valence-corrected chi connectivity index (χ3v) is 5.97. The third kappa shape index (κ3) is 4.72. The first-order chi connectivity index (χ1) is 14.3. The summed E-state index contributed by atoms with van der Waals surface area (Å²) in [4.78, 5) is 12.7. The van der Waals surface area contributed by atoms with Crippen LogP contribution >= 0.6 is 0 Å². The van der Waals surface area contributed by atoms with E-state index < -0.39 is 10.0 Å². The van der Waals surface area contributed by atoms with Crippen molar-refractivity contribution < 1.29 is 22.7 Å². The molecule has 2 N–H and O–H groups in total. The summed E-state index contributed by atoms with van der Waals surface area (Å²) in [6.07, 6.45) is 0. The Morgan fingerprint density at radius 3 is 2.10 bits per heavy atom. The summed E-state index contributed by atoms with van der Waals surface area (Å²) < 4.78 is 38.1. The maximum atomic E-state index is 12.6. The number of nitrogens with one attached hydrogen (secondary N) is 2. The van der Waals surface area contributed by atoms with E-state index in [4.69, 9.17) is 9.47 Å². The largest absolute Gasteiger partial charge is 0.493 e. The van der Waals surface area contributed by atoms with Crippen molar-refractivity contribution in [2.75, 3.05) is 24.3 Å². The molecule has 156 valence electrons. The summed E-state index contributed by atoms with van der Waals surface area (Å²) in [5.74, 6) is 0.715. The Balaban J connectivity index is 1.72. The van der Waals surface area contributed by atoms with Crippen LogP contribution in [0.1, 0.15) is 15.9 Å². The minimum atomic E-state index is -3.72. The number of hydrogen-bond acceptors (Lipinski definition) is 5. The molecule has 0 saturated carbocycles. The number of rotatable bonds is 7. The lowest BCUT2D eigenvalue weighted by Crippen LogP contribution is -2.15. The van der Waals surface area contributed by atoms with Gasteiger partial charge in [-0.3, -0.25) is 9.52 Å². The van der Waals surface area contributed by atoms with Gasteiger partial charge in [0.05, 0.1) is 19.1 Å². The SMILES string of the molecule is COc1ccc(NC(=O)c2ccc(NS(=O)(=O)c3ccccc3C)cc2)cc1OC. The first-order valence-electron chi connectivity index (χ1n) is 9.06. The zero-order valence-electron chi connectivity index (χ0n) is 16.8. The van der Waals surface area contributed by atoms with E-state index in [-0.39, 0.29) is 10.8 Å². The lowest BCUT2D eigenvalue weighted by atomic mass is 10.2. The van der Waals surface area contributed by atoms with Gasteiger partial charge in [0, 0.05) is 23.0 Å². The molecule has 3 rings (SSSR count). The Hall–Kier alpha value is -3.52. The van der Waals surface area contributed by atoms with Crippen LogP contribution in [-0.4, -0.2) is 28.5 Å². The topological polar surface area (TPSA) is 93.7 Å². The minimum absolute atomic E-state index is 0.209. The van der Waals surface area contributed by atoms with Gasteiger partial charge in [-0.05, 0) is 55.0 Å². The molecule has 0 radical (unpaired) electrons. The molecule has 0 fully saturated rings. The summed E-state index contributed by atoms with van der Waals surface area (Å²) in [6.45, 7) is 1.73. The van der Waals surface area contributed by atoms with Gasteiger partial charge in [-0.15, -0.1) is 0 Å². The molecule has 8 heteroatoms. The van der Waals surface area contributed by atoms with Crippen molar-refractivity contribution in [2.45, 2.75) is 11.8 Å². The molecule has 3 aromatic rings. The van der Waals surface area contributed by atoms with Crippen molar-refractivity contribution in [3.05, 3.63) is 77.9 Å². The van der Waals surface area contributed by atoms with E-state index in [1.165, 1.54) is 14.2 Å². The highest BCUT2D eigenvalue weighted by Crippen LogP contribution is 2.30. The smallest absolute Gasteiger partial charge is 0.262 e. The van der Waals surface area contributed by atoms with Crippen LogP contribution in [0.2, 0.25) is 0 Å². The lowest BCUT2D eigenvalue weighted by molar-refractivity contribution is 0.102. The van der Waals surface area contributed by atoms with Crippen LogP contribution in [0.3, 0.4) is 0 Å². The number of carbonyl (C=O) groups is 1. The first-order valence-corrected chi connectivity index (χ1v) is 10.5. The number of aryl methyl sites for hydroxylation is 1. The van der Waals surface area contributed by atoms with Crippen LogP contribution in [0.4, 0.5) is 11.4 Å². The van der Waals surface area contributed by atoms with Crippen LogP contribution in [0.25, 0.3) is 0 Å². The number of methoxy groups -OCH3 is 2. The summed E-state index contributed by atoms with van der Waals surface area (Å²) >= 11 is 0.